The van der Waals surface area contributed by atoms with Crippen LogP contribution in [0.4, 0.5) is 0 Å². The normalized spacial score (nSPS) is 12.6. The van der Waals surface area contributed by atoms with Gasteiger partial charge in [0, 0.05) is 18.0 Å². The highest BCUT2D eigenvalue weighted by Crippen LogP contribution is 2.24. The second-order valence-corrected chi connectivity index (χ2v) is 3.72. The molecule has 0 spiro atoms. The number of hydrogen-bond donors (Lipinski definition) is 1. The third-order valence-electron chi connectivity index (χ3n) is 2.51. The summed E-state index contributed by atoms with van der Waals surface area (Å²) < 4.78 is 5.78. The van der Waals surface area contributed by atoms with Crippen LogP contribution in [-0.2, 0) is 0 Å². The van der Waals surface area contributed by atoms with Crippen LogP contribution in [0.3, 0.4) is 0 Å². The zero-order valence-electron chi connectivity index (χ0n) is 9.60. The maximum atomic E-state index is 5.78. The highest BCUT2D eigenvalue weighted by molar-refractivity contribution is 5.55. The van der Waals surface area contributed by atoms with Crippen LogP contribution in [0.1, 0.15) is 25.6 Å². The zero-order chi connectivity index (χ0) is 11.4. The second-order valence-electron chi connectivity index (χ2n) is 3.72. The van der Waals surface area contributed by atoms with Gasteiger partial charge in [-0.2, -0.15) is 0 Å². The molecule has 2 heterocycles. The largest absolute Gasteiger partial charge is 0.459 e. The van der Waals surface area contributed by atoms with Gasteiger partial charge in [0.25, 0.3) is 0 Å². The van der Waals surface area contributed by atoms with Gasteiger partial charge in [-0.1, -0.05) is 6.92 Å². The Kier molecular flexibility index (Phi) is 3.37. The second kappa shape index (κ2) is 4.94. The number of hydrogen-bond acceptors (Lipinski definition) is 3. The van der Waals surface area contributed by atoms with E-state index in [4.69, 9.17) is 4.42 Å². The van der Waals surface area contributed by atoms with Gasteiger partial charge in [0.2, 0.25) is 0 Å². The summed E-state index contributed by atoms with van der Waals surface area (Å²) in [6, 6.07) is 8.14. The third-order valence-corrected chi connectivity index (χ3v) is 2.51. The summed E-state index contributed by atoms with van der Waals surface area (Å²) in [4.78, 5) is 4.08. The maximum absolute atomic E-state index is 5.78. The lowest BCUT2D eigenvalue weighted by molar-refractivity contribution is 0.445. The summed E-state index contributed by atoms with van der Waals surface area (Å²) in [5.74, 6) is 1.83. The van der Waals surface area contributed by atoms with Crippen molar-refractivity contribution < 1.29 is 4.42 Å². The lowest BCUT2D eigenvalue weighted by atomic mass is 10.2. The molecule has 0 amide bonds. The molecule has 2 aromatic heterocycles. The van der Waals surface area contributed by atoms with E-state index in [2.05, 4.69) is 24.1 Å². The number of nitrogens with one attached hydrogen (secondary N) is 1. The number of aromatic nitrogens is 1. The van der Waals surface area contributed by atoms with Crippen LogP contribution < -0.4 is 5.32 Å². The summed E-state index contributed by atoms with van der Waals surface area (Å²) in [6.45, 7) is 5.11. The average Bonchev–Trinajstić information content (AvgIpc) is 2.80. The van der Waals surface area contributed by atoms with Crippen molar-refractivity contribution in [1.29, 1.82) is 0 Å². The molecule has 0 saturated carbocycles. The molecule has 0 aliphatic carbocycles. The van der Waals surface area contributed by atoms with Gasteiger partial charge in [-0.15, -0.1) is 0 Å². The van der Waals surface area contributed by atoms with Crippen molar-refractivity contribution in [3.63, 3.8) is 0 Å². The van der Waals surface area contributed by atoms with E-state index in [1.165, 1.54) is 0 Å². The SMILES string of the molecule is CCNC(C)c1ccc(-c2cccnc2)o1. The van der Waals surface area contributed by atoms with Crippen LogP contribution >= 0.6 is 0 Å². The minimum atomic E-state index is 0.246. The summed E-state index contributed by atoms with van der Waals surface area (Å²) in [5.41, 5.74) is 1.01. The van der Waals surface area contributed by atoms with Gasteiger partial charge in [-0.25, -0.2) is 0 Å². The van der Waals surface area contributed by atoms with Crippen molar-refractivity contribution >= 4 is 0 Å². The fraction of sp³-hybridized carbons (Fsp3) is 0.308. The highest BCUT2D eigenvalue weighted by Gasteiger charge is 2.09. The van der Waals surface area contributed by atoms with E-state index in [-0.39, 0.29) is 6.04 Å². The molecular formula is C13H16N2O. The molecule has 0 fully saturated rings. The van der Waals surface area contributed by atoms with Crippen LogP contribution in [0.5, 0.6) is 0 Å². The Labute approximate surface area is 95.5 Å². The van der Waals surface area contributed by atoms with Gasteiger partial charge in [0.15, 0.2) is 0 Å². The molecule has 0 saturated heterocycles. The Bertz CT molecular complexity index is 436. The molecule has 3 heteroatoms. The Balaban J connectivity index is 2.20. The first kappa shape index (κ1) is 10.9. The Morgan fingerprint density at radius 2 is 2.25 bits per heavy atom. The van der Waals surface area contributed by atoms with E-state index in [1.807, 2.05) is 24.3 Å². The van der Waals surface area contributed by atoms with Crippen molar-refractivity contribution in [3.8, 4) is 11.3 Å². The Hall–Kier alpha value is -1.61. The highest BCUT2D eigenvalue weighted by atomic mass is 16.3. The number of pyridine rings is 1. The summed E-state index contributed by atoms with van der Waals surface area (Å²) >= 11 is 0. The van der Waals surface area contributed by atoms with Gasteiger partial charge < -0.3 is 9.73 Å². The molecule has 1 unspecified atom stereocenters. The third kappa shape index (κ3) is 2.31. The fourth-order valence-electron chi connectivity index (χ4n) is 1.66. The predicted molar refractivity (Wildman–Crippen MR) is 64.0 cm³/mol. The first-order chi connectivity index (χ1) is 7.81. The molecule has 2 aromatic rings. The first-order valence-corrected chi connectivity index (χ1v) is 5.54. The standard InChI is InChI=1S/C13H16N2O/c1-3-15-10(2)12-6-7-13(16-12)11-5-4-8-14-9-11/h4-10,15H,3H2,1-2H3. The van der Waals surface area contributed by atoms with E-state index in [1.54, 1.807) is 12.4 Å². The molecule has 0 aliphatic rings. The monoisotopic (exact) mass is 216 g/mol. The summed E-state index contributed by atoms with van der Waals surface area (Å²) in [7, 11) is 0. The molecule has 0 aromatic carbocycles. The van der Waals surface area contributed by atoms with Crippen LogP contribution in [0.25, 0.3) is 11.3 Å². The molecule has 0 radical (unpaired) electrons. The molecule has 16 heavy (non-hydrogen) atoms. The molecule has 0 bridgehead atoms. The lowest BCUT2D eigenvalue weighted by Crippen LogP contribution is -2.16. The molecular weight excluding hydrogens is 200 g/mol. The zero-order valence-corrected chi connectivity index (χ0v) is 9.60. The molecule has 84 valence electrons. The molecule has 2 rings (SSSR count). The minimum absolute atomic E-state index is 0.246. The van der Waals surface area contributed by atoms with E-state index in [0.29, 0.717) is 0 Å². The quantitative estimate of drug-likeness (QED) is 0.853. The number of nitrogens with zero attached hydrogens (tertiary/aromatic N) is 1. The van der Waals surface area contributed by atoms with Crippen molar-refractivity contribution in [2.24, 2.45) is 0 Å². The van der Waals surface area contributed by atoms with E-state index in [9.17, 15) is 0 Å². The van der Waals surface area contributed by atoms with Gasteiger partial charge >= 0.3 is 0 Å². The molecule has 1 atom stereocenters. The summed E-state index contributed by atoms with van der Waals surface area (Å²) in [5, 5.41) is 3.32. The first-order valence-electron chi connectivity index (χ1n) is 5.54. The molecule has 1 N–H and O–H groups in total. The minimum Gasteiger partial charge on any atom is -0.459 e. The Morgan fingerprint density at radius 3 is 2.94 bits per heavy atom. The average molecular weight is 216 g/mol. The van der Waals surface area contributed by atoms with Gasteiger partial charge in [0.05, 0.1) is 6.04 Å². The predicted octanol–water partition coefficient (Wildman–Crippen LogP) is 3.01. The Morgan fingerprint density at radius 1 is 1.38 bits per heavy atom. The number of furan rings is 1. The van der Waals surface area contributed by atoms with Crippen molar-refractivity contribution in [2.75, 3.05) is 6.54 Å². The lowest BCUT2D eigenvalue weighted by Gasteiger charge is -2.08. The number of rotatable bonds is 4. The van der Waals surface area contributed by atoms with E-state index in [0.717, 1.165) is 23.6 Å². The topological polar surface area (TPSA) is 38.1 Å². The molecule has 3 nitrogen and oxygen atoms in total. The van der Waals surface area contributed by atoms with Crippen LogP contribution in [0.2, 0.25) is 0 Å². The van der Waals surface area contributed by atoms with Gasteiger partial charge in [-0.05, 0) is 37.7 Å². The summed E-state index contributed by atoms with van der Waals surface area (Å²) in [6.07, 6.45) is 3.56. The fourth-order valence-corrected chi connectivity index (χ4v) is 1.66. The van der Waals surface area contributed by atoms with E-state index < -0.39 is 0 Å². The van der Waals surface area contributed by atoms with Crippen molar-refractivity contribution in [2.45, 2.75) is 19.9 Å². The maximum Gasteiger partial charge on any atom is 0.135 e. The molecule has 0 aliphatic heterocycles. The van der Waals surface area contributed by atoms with Crippen LogP contribution in [-0.4, -0.2) is 11.5 Å². The smallest absolute Gasteiger partial charge is 0.135 e. The van der Waals surface area contributed by atoms with Crippen LogP contribution in [0.15, 0.2) is 41.1 Å². The van der Waals surface area contributed by atoms with Crippen LogP contribution in [0, 0.1) is 0 Å². The van der Waals surface area contributed by atoms with Crippen molar-refractivity contribution in [3.05, 3.63) is 42.4 Å². The van der Waals surface area contributed by atoms with Gasteiger partial charge in [-0.3, -0.25) is 4.98 Å². The van der Waals surface area contributed by atoms with Crippen molar-refractivity contribution in [1.82, 2.24) is 10.3 Å². The van der Waals surface area contributed by atoms with E-state index >= 15 is 0 Å². The van der Waals surface area contributed by atoms with Gasteiger partial charge in [0.1, 0.15) is 11.5 Å².